The molecule has 0 saturated carbocycles. The normalized spacial score (nSPS) is 13.5. The predicted molar refractivity (Wildman–Crippen MR) is 92.0 cm³/mol. The van der Waals surface area contributed by atoms with E-state index in [0.29, 0.717) is 6.42 Å². The van der Waals surface area contributed by atoms with Crippen LogP contribution in [0.2, 0.25) is 0 Å². The Kier molecular flexibility index (Phi) is 4.97. The molecule has 0 unspecified atom stereocenters. The van der Waals surface area contributed by atoms with Crippen LogP contribution >= 0.6 is 0 Å². The van der Waals surface area contributed by atoms with E-state index < -0.39 is 0 Å². The van der Waals surface area contributed by atoms with Crippen molar-refractivity contribution in [2.45, 2.75) is 53.1 Å². The monoisotopic (exact) mass is 298 g/mol. The van der Waals surface area contributed by atoms with E-state index >= 15 is 0 Å². The van der Waals surface area contributed by atoms with Crippen molar-refractivity contribution in [1.82, 2.24) is 10.3 Å². The van der Waals surface area contributed by atoms with Crippen molar-refractivity contribution >= 4 is 16.6 Å². The van der Waals surface area contributed by atoms with Gasteiger partial charge < -0.3 is 5.32 Å². The Morgan fingerprint density at radius 1 is 1.18 bits per heavy atom. The first-order valence-corrected chi connectivity index (χ1v) is 7.91. The van der Waals surface area contributed by atoms with E-state index in [1.165, 1.54) is 5.39 Å². The minimum absolute atomic E-state index is 0.200. The van der Waals surface area contributed by atoms with Gasteiger partial charge in [-0.15, -0.1) is 0 Å². The summed E-state index contributed by atoms with van der Waals surface area (Å²) in [5.74, 6) is 0.233. The molecule has 0 spiro atoms. The van der Waals surface area contributed by atoms with E-state index in [-0.39, 0.29) is 23.3 Å². The lowest BCUT2D eigenvalue weighted by Crippen LogP contribution is -2.47. The van der Waals surface area contributed by atoms with Crippen LogP contribution in [0.4, 0.5) is 0 Å². The van der Waals surface area contributed by atoms with Gasteiger partial charge in [0, 0.05) is 35.2 Å². The molecule has 1 aromatic heterocycles. The molecule has 3 heteroatoms. The van der Waals surface area contributed by atoms with Gasteiger partial charge in [-0.1, -0.05) is 58.9 Å². The molecule has 1 aromatic carbocycles. The number of aromatic nitrogens is 1. The van der Waals surface area contributed by atoms with E-state index in [9.17, 15) is 4.79 Å². The molecule has 2 rings (SSSR count). The number of carbonyl (C=O) groups is 1. The third-order valence-electron chi connectivity index (χ3n) is 3.69. The fourth-order valence-electron chi connectivity index (χ4n) is 2.60. The second-order valence-electron chi connectivity index (χ2n) is 7.22. The summed E-state index contributed by atoms with van der Waals surface area (Å²) in [5, 5.41) is 5.69. The molecule has 1 atom stereocenters. The largest absolute Gasteiger partial charge is 0.305 e. The number of ketones is 1. The summed E-state index contributed by atoms with van der Waals surface area (Å²) < 4.78 is 0. The van der Waals surface area contributed by atoms with Crippen molar-refractivity contribution in [3.05, 3.63) is 42.2 Å². The molecule has 22 heavy (non-hydrogen) atoms. The number of Topliss-reactive ketones (excluding diaryl/α,β-unsaturated/α-hetero) is 1. The van der Waals surface area contributed by atoms with E-state index in [4.69, 9.17) is 0 Å². The molecule has 0 saturated heterocycles. The highest BCUT2D eigenvalue weighted by molar-refractivity contribution is 5.89. The number of nitrogens with one attached hydrogen (secondary N) is 1. The Balaban J connectivity index is 2.26. The first-order valence-electron chi connectivity index (χ1n) is 7.91. The highest BCUT2D eigenvalue weighted by atomic mass is 16.1. The van der Waals surface area contributed by atoms with Gasteiger partial charge in [-0.25, -0.2) is 0 Å². The van der Waals surface area contributed by atoms with Crippen LogP contribution in [0.15, 0.2) is 36.5 Å². The van der Waals surface area contributed by atoms with Crippen LogP contribution in [-0.2, 0) is 11.2 Å². The second-order valence-corrected chi connectivity index (χ2v) is 7.22. The lowest BCUT2D eigenvalue weighted by atomic mass is 9.84. The quantitative estimate of drug-likeness (QED) is 0.914. The molecule has 1 N–H and O–H groups in total. The minimum atomic E-state index is -0.358. The zero-order chi connectivity index (χ0) is 16.3. The summed E-state index contributed by atoms with van der Waals surface area (Å²) in [6.45, 7) is 10.0. The molecule has 0 fully saturated rings. The first kappa shape index (κ1) is 16.6. The van der Waals surface area contributed by atoms with Gasteiger partial charge in [-0.05, 0) is 11.5 Å². The summed E-state index contributed by atoms with van der Waals surface area (Å²) >= 11 is 0. The zero-order valence-electron chi connectivity index (χ0n) is 14.2. The van der Waals surface area contributed by atoms with Crippen LogP contribution in [-0.4, -0.2) is 22.9 Å². The molecule has 3 nitrogen and oxygen atoms in total. The van der Waals surface area contributed by atoms with Crippen molar-refractivity contribution < 1.29 is 4.79 Å². The van der Waals surface area contributed by atoms with Crippen LogP contribution in [0.1, 0.15) is 40.3 Å². The highest BCUT2D eigenvalue weighted by Gasteiger charge is 2.30. The Morgan fingerprint density at radius 3 is 2.41 bits per heavy atom. The average Bonchev–Trinajstić information content (AvgIpc) is 2.44. The van der Waals surface area contributed by atoms with Gasteiger partial charge in [-0.3, -0.25) is 9.78 Å². The van der Waals surface area contributed by atoms with Gasteiger partial charge in [0.2, 0.25) is 0 Å². The topological polar surface area (TPSA) is 42.0 Å². The Morgan fingerprint density at radius 2 is 1.82 bits per heavy atom. The molecular formula is C19H26N2O. The summed E-state index contributed by atoms with van der Waals surface area (Å²) in [6.07, 6.45) is 2.51. The molecule has 1 heterocycles. The van der Waals surface area contributed by atoms with Crippen LogP contribution in [0.3, 0.4) is 0 Å². The third kappa shape index (κ3) is 4.14. The van der Waals surface area contributed by atoms with Crippen molar-refractivity contribution in [3.8, 4) is 0 Å². The van der Waals surface area contributed by atoms with Crippen molar-refractivity contribution in [3.63, 3.8) is 0 Å². The highest BCUT2D eigenvalue weighted by Crippen LogP contribution is 2.20. The predicted octanol–water partition coefficient (Wildman–Crippen LogP) is 3.76. The van der Waals surface area contributed by atoms with Gasteiger partial charge in [0.05, 0.1) is 6.04 Å². The van der Waals surface area contributed by atoms with Gasteiger partial charge in [0.15, 0.2) is 5.78 Å². The number of rotatable bonds is 5. The van der Waals surface area contributed by atoms with Crippen LogP contribution in [0, 0.1) is 5.41 Å². The van der Waals surface area contributed by atoms with E-state index in [2.05, 4.69) is 42.3 Å². The summed E-state index contributed by atoms with van der Waals surface area (Å²) in [7, 11) is 0. The van der Waals surface area contributed by atoms with Gasteiger partial charge in [0.25, 0.3) is 0 Å². The minimum Gasteiger partial charge on any atom is -0.305 e. The molecule has 0 aliphatic heterocycles. The smallest absolute Gasteiger partial charge is 0.155 e. The Labute approximate surface area is 133 Å². The number of pyridine rings is 1. The fourth-order valence-corrected chi connectivity index (χ4v) is 2.60. The van der Waals surface area contributed by atoms with E-state index in [1.807, 2.05) is 39.1 Å². The summed E-state index contributed by atoms with van der Waals surface area (Å²) in [6, 6.07) is 10.3. The number of nitrogens with zero attached hydrogens (tertiary/aromatic N) is 1. The maximum absolute atomic E-state index is 12.7. The first-order chi connectivity index (χ1) is 10.3. The maximum atomic E-state index is 12.7. The van der Waals surface area contributed by atoms with Gasteiger partial charge in [-0.2, -0.15) is 0 Å². The van der Waals surface area contributed by atoms with Gasteiger partial charge >= 0.3 is 0 Å². The molecule has 0 amide bonds. The standard InChI is InChI=1S/C19H26N2O/c1-13(2)21-17(18(22)19(3,4)5)11-16-10-14-8-6-7-9-15(14)12-20-16/h6-10,12-13,17,21H,11H2,1-5H3/t17-/m0/s1. The van der Waals surface area contributed by atoms with Crippen LogP contribution in [0.5, 0.6) is 0 Å². The molecule has 0 aliphatic carbocycles. The Bertz CT molecular complexity index is 656. The second kappa shape index (κ2) is 6.57. The SMILES string of the molecule is CC(C)N[C@@H](Cc1cc2ccccc2cn1)C(=O)C(C)(C)C. The number of hydrogen-bond donors (Lipinski definition) is 1. The van der Waals surface area contributed by atoms with E-state index in [0.717, 1.165) is 11.1 Å². The third-order valence-corrected chi connectivity index (χ3v) is 3.69. The van der Waals surface area contributed by atoms with E-state index in [1.54, 1.807) is 0 Å². The number of carbonyl (C=O) groups excluding carboxylic acids is 1. The number of fused-ring (bicyclic) bond motifs is 1. The zero-order valence-corrected chi connectivity index (χ0v) is 14.2. The molecule has 2 aromatic rings. The Hall–Kier alpha value is -1.74. The van der Waals surface area contributed by atoms with Gasteiger partial charge in [0.1, 0.15) is 0 Å². The van der Waals surface area contributed by atoms with Crippen molar-refractivity contribution in [1.29, 1.82) is 0 Å². The molecule has 0 bridgehead atoms. The lowest BCUT2D eigenvalue weighted by molar-refractivity contribution is -0.128. The summed E-state index contributed by atoms with van der Waals surface area (Å²) in [4.78, 5) is 17.2. The maximum Gasteiger partial charge on any atom is 0.155 e. The summed E-state index contributed by atoms with van der Waals surface area (Å²) in [5.41, 5.74) is 0.595. The van der Waals surface area contributed by atoms with Crippen molar-refractivity contribution in [2.75, 3.05) is 0 Å². The molecular weight excluding hydrogens is 272 g/mol. The number of benzene rings is 1. The lowest BCUT2D eigenvalue weighted by Gasteiger charge is -2.27. The average molecular weight is 298 g/mol. The number of hydrogen-bond acceptors (Lipinski definition) is 3. The van der Waals surface area contributed by atoms with Crippen molar-refractivity contribution in [2.24, 2.45) is 5.41 Å². The molecule has 0 radical (unpaired) electrons. The molecule has 118 valence electrons. The molecule has 0 aliphatic rings. The fraction of sp³-hybridized carbons (Fsp3) is 0.474. The van der Waals surface area contributed by atoms with Crippen LogP contribution < -0.4 is 5.32 Å². The van der Waals surface area contributed by atoms with Crippen LogP contribution in [0.25, 0.3) is 10.8 Å².